The molecule has 6 nitrogen and oxygen atoms in total. The molecule has 24 heavy (non-hydrogen) atoms. The van der Waals surface area contributed by atoms with E-state index >= 15 is 0 Å². The maximum atomic E-state index is 12.2. The van der Waals surface area contributed by atoms with Gasteiger partial charge in [-0.15, -0.1) is 0 Å². The van der Waals surface area contributed by atoms with E-state index in [0.717, 1.165) is 24.3 Å². The number of H-pyrrole nitrogens is 1. The third-order valence-electron chi connectivity index (χ3n) is 4.41. The molecule has 0 atom stereocenters. The van der Waals surface area contributed by atoms with Gasteiger partial charge in [0, 0.05) is 24.3 Å². The van der Waals surface area contributed by atoms with Gasteiger partial charge in [-0.2, -0.15) is 0 Å². The number of hydrogen-bond acceptors (Lipinski definition) is 5. The highest BCUT2D eigenvalue weighted by atomic mass is 16.5. The molecular formula is C18H20N2O4. The van der Waals surface area contributed by atoms with Crippen molar-refractivity contribution in [2.45, 2.75) is 19.8 Å². The first-order valence-electron chi connectivity index (χ1n) is 7.98. The van der Waals surface area contributed by atoms with Crippen LogP contribution in [0.5, 0.6) is 5.75 Å². The maximum absolute atomic E-state index is 12.2. The molecule has 0 bridgehead atoms. The predicted octanol–water partition coefficient (Wildman–Crippen LogP) is 2.31. The standard InChI is InChI=1S/C18H20N2O4/c1-3-13-15(19-17(22)14(16(13)21)18(23)24-2)11-5-7-12(8-6-11)20-9-4-10-20/h5-8H,3-4,9-10H2,1-2H3,(H2,19,21,22). The van der Waals surface area contributed by atoms with Crippen molar-refractivity contribution in [2.24, 2.45) is 0 Å². The third-order valence-corrected chi connectivity index (χ3v) is 4.41. The van der Waals surface area contributed by atoms with Crippen molar-refractivity contribution in [3.8, 4) is 17.0 Å². The zero-order valence-corrected chi connectivity index (χ0v) is 13.8. The summed E-state index contributed by atoms with van der Waals surface area (Å²) in [4.78, 5) is 28.9. The van der Waals surface area contributed by atoms with E-state index in [4.69, 9.17) is 0 Å². The number of nitrogens with one attached hydrogen (secondary N) is 1. The van der Waals surface area contributed by atoms with Gasteiger partial charge >= 0.3 is 5.97 Å². The van der Waals surface area contributed by atoms with E-state index in [9.17, 15) is 14.7 Å². The lowest BCUT2D eigenvalue weighted by Crippen LogP contribution is -2.36. The summed E-state index contributed by atoms with van der Waals surface area (Å²) >= 11 is 0. The molecule has 3 rings (SSSR count). The molecule has 1 aromatic heterocycles. The number of anilines is 1. The minimum Gasteiger partial charge on any atom is -0.506 e. The molecule has 0 spiro atoms. The molecule has 6 heteroatoms. The molecule has 1 fully saturated rings. The Labute approximate surface area is 139 Å². The number of aromatic hydroxyl groups is 1. The van der Waals surface area contributed by atoms with Crippen molar-refractivity contribution in [1.29, 1.82) is 0 Å². The molecule has 0 aliphatic carbocycles. The summed E-state index contributed by atoms with van der Waals surface area (Å²) in [7, 11) is 1.18. The third kappa shape index (κ3) is 2.64. The fraction of sp³-hybridized carbons (Fsp3) is 0.333. The fourth-order valence-corrected chi connectivity index (χ4v) is 2.92. The minimum atomic E-state index is -0.844. The number of rotatable bonds is 4. The highest BCUT2D eigenvalue weighted by Gasteiger charge is 2.23. The van der Waals surface area contributed by atoms with Crippen LogP contribution in [0.4, 0.5) is 5.69 Å². The first kappa shape index (κ1) is 16.1. The summed E-state index contributed by atoms with van der Waals surface area (Å²) < 4.78 is 4.58. The Kier molecular flexibility index (Phi) is 4.29. The summed E-state index contributed by atoms with van der Waals surface area (Å²) in [6, 6.07) is 7.82. The number of aromatic nitrogens is 1. The highest BCUT2D eigenvalue weighted by Crippen LogP contribution is 2.31. The number of carbonyl (C=O) groups excluding carboxylic acids is 1. The summed E-state index contributed by atoms with van der Waals surface area (Å²) in [6.45, 7) is 3.97. The molecule has 0 amide bonds. The highest BCUT2D eigenvalue weighted by molar-refractivity contribution is 5.93. The smallest absolute Gasteiger partial charge is 0.347 e. The first-order valence-corrected chi connectivity index (χ1v) is 7.98. The zero-order valence-electron chi connectivity index (χ0n) is 13.8. The zero-order chi connectivity index (χ0) is 17.3. The van der Waals surface area contributed by atoms with Crippen LogP contribution >= 0.6 is 0 Å². The summed E-state index contributed by atoms with van der Waals surface area (Å²) in [5.74, 6) is -1.15. The van der Waals surface area contributed by atoms with Crippen LogP contribution in [0, 0.1) is 0 Å². The van der Waals surface area contributed by atoms with E-state index in [2.05, 4.69) is 14.6 Å². The van der Waals surface area contributed by atoms with Crippen molar-refractivity contribution < 1.29 is 14.6 Å². The van der Waals surface area contributed by atoms with Gasteiger partial charge in [-0.1, -0.05) is 19.1 Å². The van der Waals surface area contributed by atoms with Gasteiger partial charge in [-0.25, -0.2) is 4.79 Å². The fourth-order valence-electron chi connectivity index (χ4n) is 2.92. The van der Waals surface area contributed by atoms with Gasteiger partial charge in [0.15, 0.2) is 5.56 Å². The van der Waals surface area contributed by atoms with E-state index in [1.807, 2.05) is 31.2 Å². The Morgan fingerprint density at radius 3 is 2.46 bits per heavy atom. The van der Waals surface area contributed by atoms with Crippen LogP contribution in [0.2, 0.25) is 0 Å². The van der Waals surface area contributed by atoms with Crippen molar-refractivity contribution in [3.05, 3.63) is 45.7 Å². The number of nitrogens with zero attached hydrogens (tertiary/aromatic N) is 1. The Morgan fingerprint density at radius 1 is 1.29 bits per heavy atom. The van der Waals surface area contributed by atoms with E-state index in [1.165, 1.54) is 13.5 Å². The van der Waals surface area contributed by atoms with Crippen molar-refractivity contribution >= 4 is 11.7 Å². The van der Waals surface area contributed by atoms with E-state index in [-0.39, 0.29) is 11.3 Å². The number of aromatic amines is 1. The number of methoxy groups -OCH3 is 1. The molecular weight excluding hydrogens is 308 g/mol. The Balaban J connectivity index is 2.07. The molecule has 1 aliphatic heterocycles. The quantitative estimate of drug-likeness (QED) is 0.842. The lowest BCUT2D eigenvalue weighted by Gasteiger charge is -2.33. The van der Waals surface area contributed by atoms with Crippen LogP contribution in [0.25, 0.3) is 11.3 Å². The number of ether oxygens (including phenoxy) is 1. The average Bonchev–Trinajstić information content (AvgIpc) is 2.53. The van der Waals surface area contributed by atoms with Crippen LogP contribution in [0.3, 0.4) is 0 Å². The molecule has 2 heterocycles. The Morgan fingerprint density at radius 2 is 1.96 bits per heavy atom. The second-order valence-electron chi connectivity index (χ2n) is 5.76. The predicted molar refractivity (Wildman–Crippen MR) is 91.7 cm³/mol. The Hall–Kier alpha value is -2.76. The number of benzene rings is 1. The van der Waals surface area contributed by atoms with Gasteiger partial charge in [0.05, 0.1) is 12.8 Å². The molecule has 2 N–H and O–H groups in total. The Bertz CT molecular complexity index is 820. The molecule has 1 aliphatic rings. The molecule has 0 unspecified atom stereocenters. The van der Waals surface area contributed by atoms with Crippen molar-refractivity contribution in [1.82, 2.24) is 4.98 Å². The van der Waals surface area contributed by atoms with Gasteiger partial charge in [-0.05, 0) is 30.5 Å². The molecule has 126 valence electrons. The maximum Gasteiger partial charge on any atom is 0.347 e. The van der Waals surface area contributed by atoms with Crippen LogP contribution < -0.4 is 10.5 Å². The number of pyridine rings is 1. The second kappa shape index (κ2) is 6.39. The van der Waals surface area contributed by atoms with Crippen LogP contribution in [0.1, 0.15) is 29.3 Å². The van der Waals surface area contributed by atoms with Crippen LogP contribution in [0.15, 0.2) is 29.1 Å². The first-order chi connectivity index (χ1) is 11.6. The van der Waals surface area contributed by atoms with Gasteiger partial charge in [0.2, 0.25) is 0 Å². The molecule has 0 saturated carbocycles. The lowest BCUT2D eigenvalue weighted by molar-refractivity contribution is 0.0595. The largest absolute Gasteiger partial charge is 0.506 e. The molecule has 1 saturated heterocycles. The topological polar surface area (TPSA) is 82.6 Å². The van der Waals surface area contributed by atoms with Gasteiger partial charge in [0.25, 0.3) is 5.56 Å². The van der Waals surface area contributed by atoms with Crippen molar-refractivity contribution in [2.75, 3.05) is 25.1 Å². The number of carbonyl (C=O) groups is 1. The van der Waals surface area contributed by atoms with Gasteiger partial charge in [-0.3, -0.25) is 4.79 Å². The SMILES string of the molecule is CCc1c(-c2ccc(N3CCC3)cc2)[nH]c(=O)c(C(=O)OC)c1O. The van der Waals surface area contributed by atoms with Gasteiger partial charge < -0.3 is 19.7 Å². The monoisotopic (exact) mass is 328 g/mol. The van der Waals surface area contributed by atoms with Crippen molar-refractivity contribution in [3.63, 3.8) is 0 Å². The summed E-state index contributed by atoms with van der Waals surface area (Å²) in [5.41, 5.74) is 1.98. The average molecular weight is 328 g/mol. The summed E-state index contributed by atoms with van der Waals surface area (Å²) in [5, 5.41) is 10.4. The van der Waals surface area contributed by atoms with E-state index in [1.54, 1.807) is 0 Å². The van der Waals surface area contributed by atoms with E-state index in [0.29, 0.717) is 17.7 Å². The summed E-state index contributed by atoms with van der Waals surface area (Å²) in [6.07, 6.45) is 1.67. The van der Waals surface area contributed by atoms with Gasteiger partial charge in [0.1, 0.15) is 5.75 Å². The molecule has 2 aromatic rings. The lowest BCUT2D eigenvalue weighted by atomic mass is 10.00. The second-order valence-corrected chi connectivity index (χ2v) is 5.76. The van der Waals surface area contributed by atoms with Crippen LogP contribution in [-0.4, -0.2) is 36.3 Å². The number of esters is 1. The van der Waals surface area contributed by atoms with Crippen LogP contribution in [-0.2, 0) is 11.2 Å². The molecule has 0 radical (unpaired) electrons. The molecule has 1 aromatic carbocycles. The normalized spacial score (nSPS) is 13.5. The van der Waals surface area contributed by atoms with E-state index < -0.39 is 11.5 Å². The minimum absolute atomic E-state index is 0.310. The number of hydrogen-bond donors (Lipinski definition) is 2.